The highest BCUT2D eigenvalue weighted by Crippen LogP contribution is 2.43. The molecule has 7 heteroatoms. The maximum absolute atomic E-state index is 13.1. The van der Waals surface area contributed by atoms with Crippen LogP contribution in [0.3, 0.4) is 0 Å². The molecule has 0 aliphatic carbocycles. The molecule has 0 radical (unpaired) electrons. The SMILES string of the molecule is O=C1[C@@H](Oc2ccccc2)[C@@H](c2ccc3c(c2)OCO3)N1Cc1ccc2c(c1)OCO2. The highest BCUT2D eigenvalue weighted by atomic mass is 16.7. The van der Waals surface area contributed by atoms with Crippen molar-refractivity contribution in [2.75, 3.05) is 13.6 Å². The van der Waals surface area contributed by atoms with E-state index in [4.69, 9.17) is 23.7 Å². The van der Waals surface area contributed by atoms with Gasteiger partial charge in [0, 0.05) is 6.54 Å². The standard InChI is InChI=1S/C24H19NO6/c26-24-23(31-17-4-2-1-3-5-17)22(16-7-9-19-21(11-16)30-14-28-19)25(24)12-15-6-8-18-20(10-15)29-13-27-18/h1-11,22-23H,12-14H2/t22-,23+/m1/s1. The van der Waals surface area contributed by atoms with Crippen LogP contribution in [-0.2, 0) is 11.3 Å². The third kappa shape index (κ3) is 3.09. The van der Waals surface area contributed by atoms with Gasteiger partial charge in [0.2, 0.25) is 19.7 Å². The summed E-state index contributed by atoms with van der Waals surface area (Å²) in [6.45, 7) is 0.852. The number of rotatable bonds is 5. The Labute approximate surface area is 178 Å². The maximum Gasteiger partial charge on any atom is 0.267 e. The normalized spacial score (nSPS) is 20.5. The van der Waals surface area contributed by atoms with Gasteiger partial charge in [-0.15, -0.1) is 0 Å². The lowest BCUT2D eigenvalue weighted by Crippen LogP contribution is -2.60. The molecule has 0 bridgehead atoms. The fourth-order valence-electron chi connectivity index (χ4n) is 4.14. The highest BCUT2D eigenvalue weighted by Gasteiger charge is 2.50. The lowest BCUT2D eigenvalue weighted by atomic mass is 9.89. The quantitative estimate of drug-likeness (QED) is 0.590. The Bertz CT molecular complexity index is 1150. The lowest BCUT2D eigenvalue weighted by molar-refractivity contribution is -0.165. The van der Waals surface area contributed by atoms with Crippen LogP contribution in [0.4, 0.5) is 0 Å². The van der Waals surface area contributed by atoms with Gasteiger partial charge in [-0.2, -0.15) is 0 Å². The number of hydrogen-bond acceptors (Lipinski definition) is 6. The zero-order chi connectivity index (χ0) is 20.8. The first-order valence-electron chi connectivity index (χ1n) is 10.1. The van der Waals surface area contributed by atoms with E-state index in [1.807, 2.05) is 71.6 Å². The van der Waals surface area contributed by atoms with Crippen molar-refractivity contribution in [3.05, 3.63) is 77.9 Å². The number of amides is 1. The van der Waals surface area contributed by atoms with Crippen LogP contribution < -0.4 is 23.7 Å². The molecule has 3 aliphatic heterocycles. The molecule has 3 heterocycles. The number of carbonyl (C=O) groups is 1. The monoisotopic (exact) mass is 417 g/mol. The number of carbonyl (C=O) groups excluding carboxylic acids is 1. The first-order chi connectivity index (χ1) is 15.3. The van der Waals surface area contributed by atoms with Gasteiger partial charge in [-0.3, -0.25) is 4.79 Å². The van der Waals surface area contributed by atoms with Crippen LogP contribution in [0.1, 0.15) is 17.2 Å². The van der Waals surface area contributed by atoms with E-state index in [9.17, 15) is 4.79 Å². The van der Waals surface area contributed by atoms with Gasteiger partial charge in [-0.25, -0.2) is 0 Å². The Balaban J connectivity index is 1.31. The fraction of sp³-hybridized carbons (Fsp3) is 0.208. The predicted molar refractivity (Wildman–Crippen MR) is 109 cm³/mol. The molecular formula is C24H19NO6. The summed E-state index contributed by atoms with van der Waals surface area (Å²) in [6.07, 6.45) is -0.614. The summed E-state index contributed by atoms with van der Waals surface area (Å²) in [5.41, 5.74) is 1.90. The molecule has 6 rings (SSSR count). The minimum atomic E-state index is -0.614. The van der Waals surface area contributed by atoms with E-state index in [1.54, 1.807) is 0 Å². The van der Waals surface area contributed by atoms with E-state index in [0.29, 0.717) is 29.5 Å². The summed E-state index contributed by atoms with van der Waals surface area (Å²) >= 11 is 0. The van der Waals surface area contributed by atoms with Gasteiger partial charge >= 0.3 is 0 Å². The molecule has 156 valence electrons. The third-order valence-corrected chi connectivity index (χ3v) is 5.68. The Hall–Kier alpha value is -3.87. The zero-order valence-electron chi connectivity index (χ0n) is 16.5. The topological polar surface area (TPSA) is 66.5 Å². The number of benzene rings is 3. The largest absolute Gasteiger partial charge is 0.478 e. The molecule has 0 saturated carbocycles. The molecule has 0 unspecified atom stereocenters. The van der Waals surface area contributed by atoms with Crippen molar-refractivity contribution in [2.45, 2.75) is 18.7 Å². The zero-order valence-corrected chi connectivity index (χ0v) is 16.5. The van der Waals surface area contributed by atoms with Gasteiger partial charge in [-0.1, -0.05) is 30.3 Å². The van der Waals surface area contributed by atoms with Crippen LogP contribution in [-0.4, -0.2) is 30.5 Å². The molecule has 31 heavy (non-hydrogen) atoms. The van der Waals surface area contributed by atoms with Gasteiger partial charge in [0.05, 0.1) is 0 Å². The number of β-lactam (4-membered cyclic amide) rings is 1. The fourth-order valence-corrected chi connectivity index (χ4v) is 4.14. The maximum atomic E-state index is 13.1. The molecule has 2 atom stereocenters. The van der Waals surface area contributed by atoms with Gasteiger partial charge in [-0.05, 0) is 47.5 Å². The summed E-state index contributed by atoms with van der Waals surface area (Å²) in [5.74, 6) is 3.40. The van der Waals surface area contributed by atoms with E-state index >= 15 is 0 Å². The number of nitrogens with zero attached hydrogens (tertiary/aromatic N) is 1. The minimum absolute atomic E-state index is 0.0656. The molecule has 1 fully saturated rings. The van der Waals surface area contributed by atoms with E-state index in [2.05, 4.69) is 0 Å². The number of fused-ring (bicyclic) bond motifs is 2. The van der Waals surface area contributed by atoms with Crippen LogP contribution in [0, 0.1) is 0 Å². The predicted octanol–water partition coefficient (Wildman–Crippen LogP) is 3.68. The van der Waals surface area contributed by atoms with Crippen molar-refractivity contribution >= 4 is 5.91 Å². The number of ether oxygens (including phenoxy) is 5. The summed E-state index contributed by atoms with van der Waals surface area (Å²) in [5, 5.41) is 0. The van der Waals surface area contributed by atoms with Crippen LogP contribution in [0.2, 0.25) is 0 Å². The van der Waals surface area contributed by atoms with Crippen LogP contribution >= 0.6 is 0 Å². The molecule has 1 amide bonds. The number of likely N-dealkylation sites (tertiary alicyclic amines) is 1. The van der Waals surface area contributed by atoms with Gasteiger partial charge < -0.3 is 28.6 Å². The Morgan fingerprint density at radius 1 is 0.806 bits per heavy atom. The van der Waals surface area contributed by atoms with Gasteiger partial charge in [0.15, 0.2) is 23.0 Å². The number of para-hydroxylation sites is 1. The molecular weight excluding hydrogens is 398 g/mol. The van der Waals surface area contributed by atoms with Gasteiger partial charge in [0.1, 0.15) is 11.8 Å². The van der Waals surface area contributed by atoms with E-state index in [1.165, 1.54) is 0 Å². The third-order valence-electron chi connectivity index (χ3n) is 5.68. The van der Waals surface area contributed by atoms with E-state index in [0.717, 1.165) is 16.9 Å². The summed E-state index contributed by atoms with van der Waals surface area (Å²) in [7, 11) is 0. The second kappa shape index (κ2) is 7.12. The molecule has 3 aromatic rings. The summed E-state index contributed by atoms with van der Waals surface area (Å²) in [6, 6.07) is 20.6. The average molecular weight is 417 g/mol. The second-order valence-corrected chi connectivity index (χ2v) is 7.56. The minimum Gasteiger partial charge on any atom is -0.478 e. The lowest BCUT2D eigenvalue weighted by Gasteiger charge is -2.46. The Morgan fingerprint density at radius 2 is 1.48 bits per heavy atom. The molecule has 0 N–H and O–H groups in total. The molecule has 3 aliphatic rings. The second-order valence-electron chi connectivity index (χ2n) is 7.56. The van der Waals surface area contributed by atoms with Crippen LogP contribution in [0.5, 0.6) is 28.7 Å². The smallest absolute Gasteiger partial charge is 0.267 e. The molecule has 0 spiro atoms. The summed E-state index contributed by atoms with van der Waals surface area (Å²) in [4.78, 5) is 14.9. The van der Waals surface area contributed by atoms with Crippen molar-refractivity contribution in [2.24, 2.45) is 0 Å². The van der Waals surface area contributed by atoms with Crippen molar-refractivity contribution < 1.29 is 28.5 Å². The van der Waals surface area contributed by atoms with Crippen molar-refractivity contribution in [1.82, 2.24) is 4.90 Å². The van der Waals surface area contributed by atoms with Crippen molar-refractivity contribution in [3.63, 3.8) is 0 Å². The Morgan fingerprint density at radius 3 is 2.26 bits per heavy atom. The summed E-state index contributed by atoms with van der Waals surface area (Å²) < 4.78 is 27.9. The average Bonchev–Trinajstić information content (AvgIpc) is 3.47. The molecule has 0 aromatic heterocycles. The first-order valence-corrected chi connectivity index (χ1v) is 10.1. The number of hydrogen-bond donors (Lipinski definition) is 0. The van der Waals surface area contributed by atoms with Crippen LogP contribution in [0.15, 0.2) is 66.7 Å². The molecule has 7 nitrogen and oxygen atoms in total. The van der Waals surface area contributed by atoms with Crippen LogP contribution in [0.25, 0.3) is 0 Å². The molecule has 1 saturated heterocycles. The highest BCUT2D eigenvalue weighted by molar-refractivity contribution is 5.89. The van der Waals surface area contributed by atoms with Crippen molar-refractivity contribution in [3.8, 4) is 28.7 Å². The van der Waals surface area contributed by atoms with E-state index < -0.39 is 6.10 Å². The van der Waals surface area contributed by atoms with Crippen molar-refractivity contribution in [1.29, 1.82) is 0 Å². The Kier molecular flexibility index (Phi) is 4.12. The van der Waals surface area contributed by atoms with Gasteiger partial charge in [0.25, 0.3) is 5.91 Å². The first kappa shape index (κ1) is 17.9. The van der Waals surface area contributed by atoms with E-state index in [-0.39, 0.29) is 25.5 Å². The molecule has 3 aromatic carbocycles.